The zero-order chi connectivity index (χ0) is 30.4. The van der Waals surface area contributed by atoms with E-state index in [1.807, 2.05) is 6.07 Å². The number of fused-ring (bicyclic) bond motifs is 1. The van der Waals surface area contributed by atoms with Gasteiger partial charge in [0.25, 0.3) is 11.8 Å². The monoisotopic (exact) mass is 593 g/mol. The largest absolute Gasteiger partial charge is 0.490 e. The van der Waals surface area contributed by atoms with Crippen molar-refractivity contribution in [2.45, 2.75) is 6.18 Å². The lowest BCUT2D eigenvalue weighted by Gasteiger charge is -2.27. The van der Waals surface area contributed by atoms with E-state index >= 15 is 0 Å². The van der Waals surface area contributed by atoms with E-state index in [2.05, 4.69) is 25.8 Å². The third-order valence-corrected chi connectivity index (χ3v) is 6.93. The number of hydrogen-bond donors (Lipinski definition) is 3. The normalized spacial score (nSPS) is 13.9. The number of ether oxygens (including phenoxy) is 2. The number of hydrogen-bond acceptors (Lipinski definition) is 7. The summed E-state index contributed by atoms with van der Waals surface area (Å²) in [4.78, 5) is 31.4. The first kappa shape index (κ1) is 29.8. The average molecular weight is 594 g/mol. The molecule has 9 nitrogen and oxygen atoms in total. The van der Waals surface area contributed by atoms with Gasteiger partial charge in [-0.05, 0) is 59.3 Å². The second kappa shape index (κ2) is 13.1. The molecule has 224 valence electrons. The molecule has 0 spiro atoms. The first-order chi connectivity index (χ1) is 20.7. The molecule has 0 unspecified atom stereocenters. The molecular weight excluding hydrogens is 563 g/mol. The molecule has 1 aromatic heterocycles. The summed E-state index contributed by atoms with van der Waals surface area (Å²) in [5, 5.41) is 9.86. The molecule has 43 heavy (non-hydrogen) atoms. The smallest absolute Gasteiger partial charge is 0.416 e. The molecule has 5 rings (SSSR count). The van der Waals surface area contributed by atoms with Gasteiger partial charge in [-0.15, -0.1) is 0 Å². The molecule has 4 aromatic rings. The number of nitrogens with zero attached hydrogens (tertiary/aromatic N) is 2. The first-order valence-electron chi connectivity index (χ1n) is 13.7. The maximum Gasteiger partial charge on any atom is 0.416 e. The minimum Gasteiger partial charge on any atom is -0.490 e. The van der Waals surface area contributed by atoms with Crippen LogP contribution in [0.15, 0.2) is 72.9 Å². The Kier molecular flexibility index (Phi) is 9.07. The number of carbonyl (C=O) groups is 2. The fourth-order valence-corrected chi connectivity index (χ4v) is 4.64. The van der Waals surface area contributed by atoms with Crippen molar-refractivity contribution in [1.29, 1.82) is 0 Å². The van der Waals surface area contributed by atoms with Gasteiger partial charge in [0.1, 0.15) is 29.5 Å². The zero-order valence-corrected chi connectivity index (χ0v) is 23.3. The van der Waals surface area contributed by atoms with E-state index in [-0.39, 0.29) is 35.2 Å². The number of anilines is 1. The van der Waals surface area contributed by atoms with E-state index in [4.69, 9.17) is 9.47 Å². The van der Waals surface area contributed by atoms with Gasteiger partial charge < -0.3 is 25.4 Å². The lowest BCUT2D eigenvalue weighted by atomic mass is 10.1. The van der Waals surface area contributed by atoms with Crippen LogP contribution in [-0.2, 0) is 6.18 Å². The highest BCUT2D eigenvalue weighted by Gasteiger charge is 2.31. The number of aromatic nitrogens is 1. The molecule has 3 N–H and O–H groups in total. The van der Waals surface area contributed by atoms with E-state index in [1.54, 1.807) is 36.4 Å². The molecule has 3 aromatic carbocycles. The first-order valence-corrected chi connectivity index (χ1v) is 13.7. The molecule has 0 saturated carbocycles. The van der Waals surface area contributed by atoms with Crippen LogP contribution in [0.25, 0.3) is 10.8 Å². The number of piperazine rings is 1. The molecule has 1 aliphatic heterocycles. The fraction of sp³-hybridized carbons (Fsp3) is 0.258. The van der Waals surface area contributed by atoms with Crippen LogP contribution in [0.2, 0.25) is 0 Å². The molecule has 2 amide bonds. The SMILES string of the molecule is CNC(=O)c1cc(Oc2ccc3ccc(C(=O)Nc4cc(C(F)(F)F)ccc4OCCN4CCNCC4)cc3c2)ccn1. The van der Waals surface area contributed by atoms with Crippen molar-refractivity contribution in [2.75, 3.05) is 51.7 Å². The van der Waals surface area contributed by atoms with E-state index in [9.17, 15) is 22.8 Å². The van der Waals surface area contributed by atoms with E-state index < -0.39 is 17.6 Å². The van der Waals surface area contributed by atoms with Crippen LogP contribution in [0, 0.1) is 0 Å². The third-order valence-electron chi connectivity index (χ3n) is 6.93. The summed E-state index contributed by atoms with van der Waals surface area (Å²) >= 11 is 0. The number of halogens is 3. The Bertz CT molecular complexity index is 1620. The van der Waals surface area contributed by atoms with Gasteiger partial charge in [-0.2, -0.15) is 13.2 Å². The van der Waals surface area contributed by atoms with Gasteiger partial charge in [0.15, 0.2) is 0 Å². The van der Waals surface area contributed by atoms with Crippen LogP contribution in [-0.4, -0.2) is 68.1 Å². The molecule has 12 heteroatoms. The second-order valence-electron chi connectivity index (χ2n) is 9.88. The van der Waals surface area contributed by atoms with Gasteiger partial charge in [0, 0.05) is 57.6 Å². The number of rotatable bonds is 9. The Morgan fingerprint density at radius 3 is 2.47 bits per heavy atom. The van der Waals surface area contributed by atoms with Crippen LogP contribution < -0.4 is 25.4 Å². The molecular formula is C31H30F3N5O4. The summed E-state index contributed by atoms with van der Waals surface area (Å²) in [6.45, 7) is 4.31. The highest BCUT2D eigenvalue weighted by atomic mass is 19.4. The lowest BCUT2D eigenvalue weighted by molar-refractivity contribution is -0.137. The van der Waals surface area contributed by atoms with Gasteiger partial charge in [0.2, 0.25) is 0 Å². The number of amides is 2. The van der Waals surface area contributed by atoms with Gasteiger partial charge in [-0.25, -0.2) is 0 Å². The maximum atomic E-state index is 13.5. The molecule has 1 fully saturated rings. The van der Waals surface area contributed by atoms with Gasteiger partial charge in [-0.1, -0.05) is 12.1 Å². The maximum absolute atomic E-state index is 13.5. The van der Waals surface area contributed by atoms with Crippen molar-refractivity contribution in [3.05, 3.63) is 89.7 Å². The number of alkyl halides is 3. The zero-order valence-electron chi connectivity index (χ0n) is 23.3. The molecule has 1 aliphatic rings. The van der Waals surface area contributed by atoms with Crippen molar-refractivity contribution < 1.29 is 32.2 Å². The van der Waals surface area contributed by atoms with Crippen LogP contribution in [0.3, 0.4) is 0 Å². The van der Waals surface area contributed by atoms with Crippen molar-refractivity contribution in [3.8, 4) is 17.2 Å². The number of nitrogens with one attached hydrogen (secondary N) is 3. The van der Waals surface area contributed by atoms with Crippen molar-refractivity contribution >= 4 is 28.3 Å². The Morgan fingerprint density at radius 2 is 1.70 bits per heavy atom. The van der Waals surface area contributed by atoms with Crippen LogP contribution >= 0.6 is 0 Å². The van der Waals surface area contributed by atoms with E-state index in [0.717, 1.165) is 43.7 Å². The highest BCUT2D eigenvalue weighted by molar-refractivity contribution is 6.07. The summed E-state index contributed by atoms with van der Waals surface area (Å²) in [6, 6.07) is 16.4. The topological polar surface area (TPSA) is 105 Å². The van der Waals surface area contributed by atoms with Crippen molar-refractivity contribution in [3.63, 3.8) is 0 Å². The fourth-order valence-electron chi connectivity index (χ4n) is 4.64. The Balaban J connectivity index is 1.34. The predicted molar refractivity (Wildman–Crippen MR) is 156 cm³/mol. The minimum atomic E-state index is -4.59. The molecule has 2 heterocycles. The molecule has 0 bridgehead atoms. The standard InChI is InChI=1S/C31H30F3N5O4/c1-35-30(41)27-19-25(8-9-37-27)43-24-6-4-20-2-3-21(16-22(20)17-24)29(40)38-26-18-23(31(32,33)34)5-7-28(26)42-15-14-39-12-10-36-11-13-39/h2-9,16-19,36H,10-15H2,1H3,(H,35,41)(H,38,40). The summed E-state index contributed by atoms with van der Waals surface area (Å²) in [5.41, 5.74) is -0.531. The minimum absolute atomic E-state index is 0.0677. The average Bonchev–Trinajstić information content (AvgIpc) is 3.01. The Hall–Kier alpha value is -4.68. The Labute approximate surface area is 246 Å². The van der Waals surface area contributed by atoms with Crippen molar-refractivity contribution in [1.82, 2.24) is 20.5 Å². The summed E-state index contributed by atoms with van der Waals surface area (Å²) in [6.07, 6.45) is -3.13. The third kappa shape index (κ3) is 7.59. The van der Waals surface area contributed by atoms with E-state index in [1.165, 1.54) is 25.4 Å². The van der Waals surface area contributed by atoms with Crippen molar-refractivity contribution in [2.24, 2.45) is 0 Å². The van der Waals surface area contributed by atoms with Gasteiger partial charge >= 0.3 is 6.18 Å². The second-order valence-corrected chi connectivity index (χ2v) is 9.88. The van der Waals surface area contributed by atoms with Crippen LogP contribution in [0.5, 0.6) is 17.2 Å². The molecule has 0 atom stereocenters. The van der Waals surface area contributed by atoms with Crippen LogP contribution in [0.1, 0.15) is 26.4 Å². The summed E-state index contributed by atoms with van der Waals surface area (Å²) in [7, 11) is 1.50. The lowest BCUT2D eigenvalue weighted by Crippen LogP contribution is -2.44. The number of benzene rings is 3. The summed E-state index contributed by atoms with van der Waals surface area (Å²) in [5.74, 6) is 0.0619. The highest BCUT2D eigenvalue weighted by Crippen LogP contribution is 2.35. The Morgan fingerprint density at radius 1 is 0.930 bits per heavy atom. The van der Waals surface area contributed by atoms with Crippen LogP contribution in [0.4, 0.5) is 18.9 Å². The molecule has 0 aliphatic carbocycles. The predicted octanol–water partition coefficient (Wildman–Crippen LogP) is 4.94. The number of carbonyl (C=O) groups excluding carboxylic acids is 2. The van der Waals surface area contributed by atoms with E-state index in [0.29, 0.717) is 23.4 Å². The number of pyridine rings is 1. The quantitative estimate of drug-likeness (QED) is 0.253. The van der Waals surface area contributed by atoms with Gasteiger partial charge in [-0.3, -0.25) is 19.5 Å². The summed E-state index contributed by atoms with van der Waals surface area (Å²) < 4.78 is 52.2. The molecule has 0 radical (unpaired) electrons. The van der Waals surface area contributed by atoms with Gasteiger partial charge in [0.05, 0.1) is 11.3 Å². The molecule has 1 saturated heterocycles.